The lowest BCUT2D eigenvalue weighted by Crippen LogP contribution is -2.54. The lowest BCUT2D eigenvalue weighted by atomic mass is 9.95. The third-order valence-corrected chi connectivity index (χ3v) is 4.62. The van der Waals surface area contributed by atoms with Crippen LogP contribution < -0.4 is 10.6 Å². The maximum Gasteiger partial charge on any atom is 0.123 e. The van der Waals surface area contributed by atoms with Crippen LogP contribution in [0.1, 0.15) is 26.7 Å². The molecular weight excluding hydrogens is 265 g/mol. The third-order valence-electron chi connectivity index (χ3n) is 4.62. The molecule has 21 heavy (non-hydrogen) atoms. The predicted octanol–water partition coefficient (Wildman–Crippen LogP) is 2.71. The van der Waals surface area contributed by atoms with E-state index in [1.807, 2.05) is 12.1 Å². The van der Waals surface area contributed by atoms with Crippen LogP contribution in [0.4, 0.5) is 10.1 Å². The number of nitrogens with two attached hydrogens (primary N) is 1. The molecule has 1 aliphatic heterocycles. The zero-order chi connectivity index (χ0) is 15.2. The van der Waals surface area contributed by atoms with Crippen molar-refractivity contribution in [1.29, 1.82) is 0 Å². The van der Waals surface area contributed by atoms with Crippen molar-refractivity contribution < 1.29 is 4.39 Å². The SMILES string of the molecule is CCCC(C)C(CN)N1CCN(c2ccc(F)cc2)CC1. The van der Waals surface area contributed by atoms with Crippen LogP contribution in [0.15, 0.2) is 24.3 Å². The third kappa shape index (κ3) is 4.17. The Morgan fingerprint density at radius 1 is 1.14 bits per heavy atom. The van der Waals surface area contributed by atoms with Gasteiger partial charge in [0.1, 0.15) is 5.82 Å². The van der Waals surface area contributed by atoms with Gasteiger partial charge in [-0.2, -0.15) is 0 Å². The molecule has 0 aliphatic carbocycles. The van der Waals surface area contributed by atoms with Crippen molar-refractivity contribution in [1.82, 2.24) is 4.90 Å². The molecule has 2 unspecified atom stereocenters. The molecule has 0 bridgehead atoms. The van der Waals surface area contributed by atoms with Gasteiger partial charge in [-0.15, -0.1) is 0 Å². The molecule has 1 aliphatic rings. The van der Waals surface area contributed by atoms with Crippen LogP contribution in [0.2, 0.25) is 0 Å². The number of anilines is 1. The average Bonchev–Trinajstić information content (AvgIpc) is 2.50. The first-order valence-corrected chi connectivity index (χ1v) is 8.10. The van der Waals surface area contributed by atoms with E-state index in [1.54, 1.807) is 0 Å². The van der Waals surface area contributed by atoms with E-state index in [9.17, 15) is 4.39 Å². The molecule has 1 saturated heterocycles. The summed E-state index contributed by atoms with van der Waals surface area (Å²) in [6.07, 6.45) is 2.45. The Balaban J connectivity index is 1.91. The molecule has 1 heterocycles. The zero-order valence-corrected chi connectivity index (χ0v) is 13.3. The summed E-state index contributed by atoms with van der Waals surface area (Å²) in [5.74, 6) is 0.478. The minimum atomic E-state index is -0.172. The summed E-state index contributed by atoms with van der Waals surface area (Å²) in [5.41, 5.74) is 7.11. The Labute approximate surface area is 127 Å². The Kier molecular flexibility index (Phi) is 6.00. The van der Waals surface area contributed by atoms with E-state index in [-0.39, 0.29) is 5.82 Å². The standard InChI is InChI=1S/C17H28FN3/c1-3-4-14(2)17(13-19)21-11-9-20(10-12-21)16-7-5-15(18)6-8-16/h5-8,14,17H,3-4,9-13,19H2,1-2H3. The Hall–Kier alpha value is -1.13. The van der Waals surface area contributed by atoms with Crippen LogP contribution in [0.3, 0.4) is 0 Å². The van der Waals surface area contributed by atoms with Crippen molar-refractivity contribution in [2.24, 2.45) is 11.7 Å². The number of piperazine rings is 1. The number of benzene rings is 1. The van der Waals surface area contributed by atoms with Crippen LogP contribution in [-0.4, -0.2) is 43.7 Å². The van der Waals surface area contributed by atoms with Crippen LogP contribution >= 0.6 is 0 Å². The van der Waals surface area contributed by atoms with Gasteiger partial charge in [-0.25, -0.2) is 4.39 Å². The highest BCUT2D eigenvalue weighted by atomic mass is 19.1. The van der Waals surface area contributed by atoms with Gasteiger partial charge in [-0.05, 0) is 36.6 Å². The number of hydrogen-bond acceptors (Lipinski definition) is 3. The van der Waals surface area contributed by atoms with Gasteiger partial charge in [-0.3, -0.25) is 4.90 Å². The van der Waals surface area contributed by atoms with Gasteiger partial charge < -0.3 is 10.6 Å². The van der Waals surface area contributed by atoms with Crippen molar-refractivity contribution in [3.63, 3.8) is 0 Å². The summed E-state index contributed by atoms with van der Waals surface area (Å²) in [5, 5.41) is 0. The summed E-state index contributed by atoms with van der Waals surface area (Å²) in [6, 6.07) is 7.29. The summed E-state index contributed by atoms with van der Waals surface area (Å²) in [4.78, 5) is 4.86. The molecule has 0 aromatic heterocycles. The number of halogens is 1. The molecule has 0 spiro atoms. The first-order valence-electron chi connectivity index (χ1n) is 8.10. The first-order chi connectivity index (χ1) is 10.2. The van der Waals surface area contributed by atoms with Crippen molar-refractivity contribution in [2.75, 3.05) is 37.6 Å². The molecule has 2 atom stereocenters. The Bertz CT molecular complexity index is 413. The van der Waals surface area contributed by atoms with Gasteiger partial charge in [0, 0.05) is 44.5 Å². The zero-order valence-electron chi connectivity index (χ0n) is 13.3. The smallest absolute Gasteiger partial charge is 0.123 e. The Morgan fingerprint density at radius 3 is 2.29 bits per heavy atom. The molecule has 2 N–H and O–H groups in total. The van der Waals surface area contributed by atoms with Gasteiger partial charge in [0.25, 0.3) is 0 Å². The van der Waals surface area contributed by atoms with Gasteiger partial charge in [-0.1, -0.05) is 20.3 Å². The van der Waals surface area contributed by atoms with Gasteiger partial charge in [0.15, 0.2) is 0 Å². The van der Waals surface area contributed by atoms with E-state index in [2.05, 4.69) is 23.6 Å². The molecule has 2 rings (SSSR count). The minimum absolute atomic E-state index is 0.172. The molecule has 0 saturated carbocycles. The molecule has 118 valence electrons. The van der Waals surface area contributed by atoms with Crippen molar-refractivity contribution in [2.45, 2.75) is 32.7 Å². The van der Waals surface area contributed by atoms with Gasteiger partial charge >= 0.3 is 0 Å². The van der Waals surface area contributed by atoms with Crippen LogP contribution in [0, 0.1) is 11.7 Å². The maximum absolute atomic E-state index is 13.0. The topological polar surface area (TPSA) is 32.5 Å². The minimum Gasteiger partial charge on any atom is -0.369 e. The summed E-state index contributed by atoms with van der Waals surface area (Å²) in [6.45, 7) is 9.32. The fraction of sp³-hybridized carbons (Fsp3) is 0.647. The normalized spacial score (nSPS) is 19.5. The highest BCUT2D eigenvalue weighted by Crippen LogP contribution is 2.21. The van der Waals surface area contributed by atoms with Crippen LogP contribution in [-0.2, 0) is 0 Å². The van der Waals surface area contributed by atoms with Gasteiger partial charge in [0.05, 0.1) is 0 Å². The van der Waals surface area contributed by atoms with E-state index < -0.39 is 0 Å². The average molecular weight is 293 g/mol. The second-order valence-corrected chi connectivity index (χ2v) is 6.07. The molecule has 0 amide bonds. The molecule has 1 fully saturated rings. The molecule has 4 heteroatoms. The highest BCUT2D eigenvalue weighted by Gasteiger charge is 2.26. The molecule has 3 nitrogen and oxygen atoms in total. The lowest BCUT2D eigenvalue weighted by molar-refractivity contribution is 0.139. The van der Waals surface area contributed by atoms with Crippen LogP contribution in [0.5, 0.6) is 0 Å². The quantitative estimate of drug-likeness (QED) is 0.875. The summed E-state index contributed by atoms with van der Waals surface area (Å²) < 4.78 is 13.0. The summed E-state index contributed by atoms with van der Waals surface area (Å²) >= 11 is 0. The van der Waals surface area contributed by atoms with Crippen molar-refractivity contribution in [3.8, 4) is 0 Å². The fourth-order valence-electron chi connectivity index (χ4n) is 3.35. The number of nitrogens with zero attached hydrogens (tertiary/aromatic N) is 2. The highest BCUT2D eigenvalue weighted by molar-refractivity contribution is 5.46. The second kappa shape index (κ2) is 7.76. The maximum atomic E-state index is 13.0. The van der Waals surface area contributed by atoms with E-state index in [0.717, 1.165) is 38.4 Å². The summed E-state index contributed by atoms with van der Waals surface area (Å²) in [7, 11) is 0. The molecule has 1 aromatic rings. The van der Waals surface area contributed by atoms with E-state index in [1.165, 1.54) is 25.0 Å². The first kappa shape index (κ1) is 16.2. The fourth-order valence-corrected chi connectivity index (χ4v) is 3.35. The monoisotopic (exact) mass is 293 g/mol. The van der Waals surface area contributed by atoms with E-state index in [0.29, 0.717) is 12.0 Å². The van der Waals surface area contributed by atoms with Crippen molar-refractivity contribution in [3.05, 3.63) is 30.1 Å². The Morgan fingerprint density at radius 2 is 1.76 bits per heavy atom. The molecular formula is C17H28FN3. The number of rotatable bonds is 6. The molecule has 1 aromatic carbocycles. The van der Waals surface area contributed by atoms with Gasteiger partial charge in [0.2, 0.25) is 0 Å². The van der Waals surface area contributed by atoms with E-state index in [4.69, 9.17) is 5.73 Å². The van der Waals surface area contributed by atoms with E-state index >= 15 is 0 Å². The predicted molar refractivity (Wildman–Crippen MR) is 87.1 cm³/mol. The van der Waals surface area contributed by atoms with Crippen molar-refractivity contribution >= 4 is 5.69 Å². The largest absolute Gasteiger partial charge is 0.369 e. The lowest BCUT2D eigenvalue weighted by Gasteiger charge is -2.42. The molecule has 0 radical (unpaired) electrons. The second-order valence-electron chi connectivity index (χ2n) is 6.07. The number of hydrogen-bond donors (Lipinski definition) is 1. The van der Waals surface area contributed by atoms with Crippen LogP contribution in [0.25, 0.3) is 0 Å².